The van der Waals surface area contributed by atoms with Crippen LogP contribution in [0.3, 0.4) is 0 Å². The van der Waals surface area contributed by atoms with Crippen molar-refractivity contribution in [3.63, 3.8) is 0 Å². The Morgan fingerprint density at radius 1 is 1.17 bits per heavy atom. The van der Waals surface area contributed by atoms with Crippen LogP contribution in [0, 0.1) is 5.92 Å². The summed E-state index contributed by atoms with van der Waals surface area (Å²) in [4.78, 5) is 55.0. The number of hydrogen-bond acceptors (Lipinski definition) is 4. The number of hydrogen-bond donors (Lipinski definition) is 3. The van der Waals surface area contributed by atoms with Crippen LogP contribution < -0.4 is 11.1 Å². The van der Waals surface area contributed by atoms with Crippen molar-refractivity contribution in [1.82, 2.24) is 20.1 Å². The minimum Gasteiger partial charge on any atom is -0.364 e. The number of nitrogens with two attached hydrogens (primary N) is 1. The summed E-state index contributed by atoms with van der Waals surface area (Å²) in [6.07, 6.45) is 3.57. The van der Waals surface area contributed by atoms with Crippen LogP contribution in [0.2, 0.25) is 0 Å². The lowest BCUT2D eigenvalue weighted by atomic mass is 9.96. The molecule has 0 aromatic carbocycles. The lowest BCUT2D eigenvalue weighted by Gasteiger charge is -2.34. The maximum atomic E-state index is 13.1. The first-order valence-corrected chi connectivity index (χ1v) is 10.2. The smallest absolute Gasteiger partial charge is 0.267 e. The molecule has 3 heterocycles. The Hall–Kier alpha value is -2.84. The molecule has 1 aromatic heterocycles. The molecule has 2 saturated heterocycles. The molecule has 0 saturated carbocycles. The highest BCUT2D eigenvalue weighted by molar-refractivity contribution is 5.96. The number of likely N-dealkylation sites (tertiary alicyclic amines) is 2. The van der Waals surface area contributed by atoms with Crippen LogP contribution in [0.25, 0.3) is 0 Å². The maximum Gasteiger partial charge on any atom is 0.267 e. The second kappa shape index (κ2) is 9.11. The first-order chi connectivity index (χ1) is 13.9. The number of nitrogens with one attached hydrogen (secondary N) is 2. The zero-order chi connectivity index (χ0) is 21.0. The van der Waals surface area contributed by atoms with Crippen molar-refractivity contribution < 1.29 is 19.2 Å². The van der Waals surface area contributed by atoms with E-state index in [1.807, 2.05) is 11.8 Å². The predicted molar refractivity (Wildman–Crippen MR) is 106 cm³/mol. The van der Waals surface area contributed by atoms with Crippen molar-refractivity contribution in [3.05, 3.63) is 23.5 Å². The molecule has 1 aromatic rings. The number of rotatable bonds is 5. The van der Waals surface area contributed by atoms with Gasteiger partial charge in [0, 0.05) is 38.6 Å². The minimum atomic E-state index is -0.623. The first-order valence-electron chi connectivity index (χ1n) is 10.2. The van der Waals surface area contributed by atoms with Gasteiger partial charge in [0.1, 0.15) is 11.4 Å². The van der Waals surface area contributed by atoms with Crippen LogP contribution in [0.15, 0.2) is 12.1 Å². The molecule has 2 aliphatic rings. The van der Waals surface area contributed by atoms with Crippen molar-refractivity contribution in [2.24, 2.45) is 11.7 Å². The largest absolute Gasteiger partial charge is 0.364 e. The molecule has 0 aliphatic carbocycles. The van der Waals surface area contributed by atoms with Gasteiger partial charge in [-0.05, 0) is 44.7 Å². The summed E-state index contributed by atoms with van der Waals surface area (Å²) in [7, 11) is 0. The molecule has 2 unspecified atom stereocenters. The van der Waals surface area contributed by atoms with E-state index in [0.717, 1.165) is 19.3 Å². The van der Waals surface area contributed by atoms with Crippen LogP contribution in [0.5, 0.6) is 0 Å². The number of carbonyl (C=O) groups is 4. The Kier molecular flexibility index (Phi) is 6.56. The van der Waals surface area contributed by atoms with Gasteiger partial charge in [-0.1, -0.05) is 0 Å². The van der Waals surface area contributed by atoms with Crippen LogP contribution >= 0.6 is 0 Å². The second-order valence-corrected chi connectivity index (χ2v) is 7.77. The predicted octanol–water partition coefficient (Wildman–Crippen LogP) is 0.483. The molecule has 0 radical (unpaired) electrons. The van der Waals surface area contributed by atoms with Crippen LogP contribution in [-0.2, 0) is 9.59 Å². The summed E-state index contributed by atoms with van der Waals surface area (Å²) in [5.41, 5.74) is 5.66. The third-order valence-corrected chi connectivity index (χ3v) is 5.75. The number of H-pyrrole nitrogens is 1. The van der Waals surface area contributed by atoms with Crippen molar-refractivity contribution in [2.75, 3.05) is 26.2 Å². The molecule has 2 fully saturated rings. The normalized spacial score (nSPS) is 22.9. The number of aromatic amines is 1. The molecule has 29 heavy (non-hydrogen) atoms. The fraction of sp³-hybridized carbons (Fsp3) is 0.600. The van der Waals surface area contributed by atoms with Crippen molar-refractivity contribution in [1.29, 1.82) is 0 Å². The molecule has 2 atom stereocenters. The van der Waals surface area contributed by atoms with Crippen molar-refractivity contribution in [3.8, 4) is 0 Å². The van der Waals surface area contributed by atoms with Crippen LogP contribution in [0.4, 0.5) is 0 Å². The van der Waals surface area contributed by atoms with E-state index in [4.69, 9.17) is 5.73 Å². The van der Waals surface area contributed by atoms with Gasteiger partial charge in [0.25, 0.3) is 11.8 Å². The molecule has 158 valence electrons. The van der Waals surface area contributed by atoms with E-state index in [1.54, 1.807) is 4.90 Å². The summed E-state index contributed by atoms with van der Waals surface area (Å²) in [5.74, 6) is -0.949. The van der Waals surface area contributed by atoms with Gasteiger partial charge in [0.05, 0.1) is 5.92 Å². The van der Waals surface area contributed by atoms with Gasteiger partial charge in [-0.3, -0.25) is 19.2 Å². The van der Waals surface area contributed by atoms with E-state index in [0.29, 0.717) is 39.0 Å². The highest BCUT2D eigenvalue weighted by Gasteiger charge is 2.33. The highest BCUT2D eigenvalue weighted by atomic mass is 16.2. The first kappa shape index (κ1) is 20.9. The van der Waals surface area contributed by atoms with Gasteiger partial charge >= 0.3 is 0 Å². The molecular weight excluding hydrogens is 374 g/mol. The number of piperidine rings is 1. The molecule has 0 spiro atoms. The number of aromatic nitrogens is 1. The minimum absolute atomic E-state index is 0.0630. The molecule has 0 bridgehead atoms. The summed E-state index contributed by atoms with van der Waals surface area (Å²) in [5, 5.41) is 2.96. The van der Waals surface area contributed by atoms with E-state index >= 15 is 0 Å². The Bertz CT molecular complexity index is 790. The van der Waals surface area contributed by atoms with E-state index in [1.165, 1.54) is 12.1 Å². The van der Waals surface area contributed by atoms with Gasteiger partial charge in [0.15, 0.2) is 0 Å². The standard InChI is InChI=1S/C20H29N5O4/c1-2-24-11-13(6-9-17(24)26)20(29)25-10-4-3-5-14(12-25)22-19(28)16-8-7-15(23-16)18(21)27/h7-8,13-14,23H,2-6,9-12H2,1H3,(H2,21,27)(H,22,28). The summed E-state index contributed by atoms with van der Waals surface area (Å²) in [6, 6.07) is 2.83. The van der Waals surface area contributed by atoms with Crippen LogP contribution in [-0.4, -0.2) is 70.6 Å². The molecule has 4 amide bonds. The van der Waals surface area contributed by atoms with E-state index in [9.17, 15) is 19.2 Å². The fourth-order valence-corrected chi connectivity index (χ4v) is 4.07. The van der Waals surface area contributed by atoms with Crippen molar-refractivity contribution in [2.45, 2.75) is 45.1 Å². The molecule has 3 rings (SSSR count). The lowest BCUT2D eigenvalue weighted by Crippen LogP contribution is -2.50. The second-order valence-electron chi connectivity index (χ2n) is 7.77. The topological polar surface area (TPSA) is 129 Å². The zero-order valence-electron chi connectivity index (χ0n) is 16.8. The van der Waals surface area contributed by atoms with Crippen LogP contribution in [0.1, 0.15) is 60.0 Å². The Morgan fingerprint density at radius 2 is 1.93 bits per heavy atom. The van der Waals surface area contributed by atoms with E-state index in [-0.39, 0.29) is 41.1 Å². The molecule has 4 N–H and O–H groups in total. The molecular formula is C20H29N5O4. The van der Waals surface area contributed by atoms with Gasteiger partial charge in [0.2, 0.25) is 11.8 Å². The summed E-state index contributed by atoms with van der Waals surface area (Å²) < 4.78 is 0. The molecule has 2 aliphatic heterocycles. The monoisotopic (exact) mass is 403 g/mol. The Balaban J connectivity index is 1.61. The van der Waals surface area contributed by atoms with Crippen molar-refractivity contribution >= 4 is 23.6 Å². The Morgan fingerprint density at radius 3 is 2.62 bits per heavy atom. The molecule has 9 heteroatoms. The molecule has 9 nitrogen and oxygen atoms in total. The zero-order valence-corrected chi connectivity index (χ0v) is 16.8. The maximum absolute atomic E-state index is 13.1. The fourth-order valence-electron chi connectivity index (χ4n) is 4.07. The third-order valence-electron chi connectivity index (χ3n) is 5.75. The SMILES string of the molecule is CCN1CC(C(=O)N2CCCCC(NC(=O)c3ccc(C(N)=O)[nH]3)C2)CCC1=O. The van der Waals surface area contributed by atoms with E-state index < -0.39 is 5.91 Å². The highest BCUT2D eigenvalue weighted by Crippen LogP contribution is 2.22. The number of carbonyl (C=O) groups excluding carboxylic acids is 4. The van der Waals surface area contributed by atoms with Gasteiger partial charge in [-0.2, -0.15) is 0 Å². The van der Waals surface area contributed by atoms with Gasteiger partial charge < -0.3 is 25.8 Å². The van der Waals surface area contributed by atoms with Gasteiger partial charge in [-0.25, -0.2) is 0 Å². The Labute approximate surface area is 170 Å². The van der Waals surface area contributed by atoms with Gasteiger partial charge in [-0.15, -0.1) is 0 Å². The quantitative estimate of drug-likeness (QED) is 0.660. The number of primary amides is 1. The number of amides is 4. The third kappa shape index (κ3) is 4.96. The average molecular weight is 403 g/mol. The number of nitrogens with zero attached hydrogens (tertiary/aromatic N) is 2. The summed E-state index contributed by atoms with van der Waals surface area (Å²) in [6.45, 7) is 4.12. The average Bonchev–Trinajstić information content (AvgIpc) is 3.10. The lowest BCUT2D eigenvalue weighted by molar-refractivity contribution is -0.143. The van der Waals surface area contributed by atoms with E-state index in [2.05, 4.69) is 10.3 Å². The summed E-state index contributed by atoms with van der Waals surface area (Å²) >= 11 is 0.